The van der Waals surface area contributed by atoms with Crippen molar-refractivity contribution in [2.24, 2.45) is 0 Å². The predicted octanol–water partition coefficient (Wildman–Crippen LogP) is 1.85. The lowest BCUT2D eigenvalue weighted by atomic mass is 10.1. The molecule has 0 aromatic heterocycles. The minimum atomic E-state index is -0.615. The predicted molar refractivity (Wildman–Crippen MR) is 73.8 cm³/mol. The van der Waals surface area contributed by atoms with Crippen LogP contribution in [-0.4, -0.2) is 36.3 Å². The Kier molecular flexibility index (Phi) is 4.58. The van der Waals surface area contributed by atoms with E-state index in [1.54, 1.807) is 0 Å². The molecule has 1 fully saturated rings. The van der Waals surface area contributed by atoms with Crippen LogP contribution in [0.3, 0.4) is 0 Å². The number of nitrogens with one attached hydrogen (secondary N) is 1. The van der Waals surface area contributed by atoms with E-state index in [2.05, 4.69) is 24.4 Å². The summed E-state index contributed by atoms with van der Waals surface area (Å²) in [5, 5.41) is 12.7. The van der Waals surface area contributed by atoms with Crippen LogP contribution in [0.25, 0.3) is 0 Å². The van der Waals surface area contributed by atoms with Gasteiger partial charge in [0, 0.05) is 12.6 Å². The van der Waals surface area contributed by atoms with E-state index in [1.165, 1.54) is 5.56 Å². The molecule has 3 atom stereocenters. The third-order valence-electron chi connectivity index (χ3n) is 3.39. The Bertz CT molecular complexity index is 394. The molecule has 0 amide bonds. The van der Waals surface area contributed by atoms with E-state index in [4.69, 9.17) is 9.47 Å². The second kappa shape index (κ2) is 6.01. The molecule has 1 heterocycles. The Morgan fingerprint density at radius 2 is 1.84 bits per heavy atom. The van der Waals surface area contributed by atoms with E-state index in [9.17, 15) is 5.11 Å². The van der Waals surface area contributed by atoms with Gasteiger partial charge < -0.3 is 19.9 Å². The molecule has 0 unspecified atom stereocenters. The summed E-state index contributed by atoms with van der Waals surface area (Å²) < 4.78 is 11.4. The van der Waals surface area contributed by atoms with Crippen molar-refractivity contribution in [2.75, 3.05) is 13.2 Å². The average Bonchev–Trinajstić information content (AvgIpc) is 2.71. The molecule has 1 aliphatic heterocycles. The summed E-state index contributed by atoms with van der Waals surface area (Å²) in [4.78, 5) is 0. The van der Waals surface area contributed by atoms with E-state index < -0.39 is 5.79 Å². The second-order valence-corrected chi connectivity index (χ2v) is 5.44. The first-order valence-electron chi connectivity index (χ1n) is 6.76. The van der Waals surface area contributed by atoms with Crippen molar-refractivity contribution in [1.82, 2.24) is 5.32 Å². The fourth-order valence-electron chi connectivity index (χ4n) is 2.39. The maximum Gasteiger partial charge on any atom is 0.163 e. The van der Waals surface area contributed by atoms with Crippen molar-refractivity contribution < 1.29 is 14.6 Å². The second-order valence-electron chi connectivity index (χ2n) is 5.44. The molecule has 1 saturated heterocycles. The van der Waals surface area contributed by atoms with Crippen LogP contribution in [0.4, 0.5) is 0 Å². The molecule has 4 nitrogen and oxygen atoms in total. The maximum absolute atomic E-state index is 9.32. The summed E-state index contributed by atoms with van der Waals surface area (Å²) in [7, 11) is 0. The van der Waals surface area contributed by atoms with E-state index in [0.717, 1.165) is 0 Å². The standard InChI is InChI=1S/C15H23NO3/c1-11(12-7-5-4-6-8-12)16-9-13-14(10-17)19-15(2,3)18-13/h4-8,11,13-14,16-17H,9-10H2,1-3H3/t11-,13-,14-/m0/s1. The minimum absolute atomic E-state index is 0.0184. The van der Waals surface area contributed by atoms with Gasteiger partial charge in [0.1, 0.15) is 12.2 Å². The van der Waals surface area contributed by atoms with E-state index >= 15 is 0 Å². The highest BCUT2D eigenvalue weighted by Crippen LogP contribution is 2.27. The quantitative estimate of drug-likeness (QED) is 0.853. The van der Waals surface area contributed by atoms with Crippen LogP contribution in [0.15, 0.2) is 30.3 Å². The number of hydrogen-bond donors (Lipinski definition) is 2. The molecule has 0 aliphatic carbocycles. The zero-order chi connectivity index (χ0) is 13.9. The zero-order valence-electron chi connectivity index (χ0n) is 11.8. The molecule has 19 heavy (non-hydrogen) atoms. The van der Waals surface area contributed by atoms with Gasteiger partial charge in [0.05, 0.1) is 6.61 Å². The Hall–Kier alpha value is -0.940. The summed E-state index contributed by atoms with van der Waals surface area (Å²) >= 11 is 0. The molecule has 0 bridgehead atoms. The zero-order valence-corrected chi connectivity index (χ0v) is 11.8. The summed E-state index contributed by atoms with van der Waals surface area (Å²) in [6.07, 6.45) is -0.378. The van der Waals surface area contributed by atoms with Crippen LogP contribution in [0.5, 0.6) is 0 Å². The fourth-order valence-corrected chi connectivity index (χ4v) is 2.39. The number of rotatable bonds is 5. The number of benzene rings is 1. The van der Waals surface area contributed by atoms with Gasteiger partial charge in [0.25, 0.3) is 0 Å². The van der Waals surface area contributed by atoms with Crippen molar-refractivity contribution in [2.45, 2.75) is 44.8 Å². The number of aliphatic hydroxyl groups excluding tert-OH is 1. The van der Waals surface area contributed by atoms with Gasteiger partial charge >= 0.3 is 0 Å². The van der Waals surface area contributed by atoms with Crippen molar-refractivity contribution in [1.29, 1.82) is 0 Å². The normalized spacial score (nSPS) is 27.4. The molecule has 0 saturated carbocycles. The van der Waals surface area contributed by atoms with Crippen LogP contribution in [0.1, 0.15) is 32.4 Å². The third-order valence-corrected chi connectivity index (χ3v) is 3.39. The molecule has 2 N–H and O–H groups in total. The van der Waals surface area contributed by atoms with Crippen molar-refractivity contribution in [3.8, 4) is 0 Å². The summed E-state index contributed by atoms with van der Waals surface area (Å²) in [6, 6.07) is 10.5. The molecule has 1 aromatic carbocycles. The molecule has 4 heteroatoms. The van der Waals surface area contributed by atoms with E-state index in [-0.39, 0.29) is 24.9 Å². The number of aliphatic hydroxyl groups is 1. The lowest BCUT2D eigenvalue weighted by Gasteiger charge is -2.20. The highest BCUT2D eigenvalue weighted by Gasteiger charge is 2.40. The first-order valence-corrected chi connectivity index (χ1v) is 6.76. The lowest BCUT2D eigenvalue weighted by molar-refractivity contribution is -0.148. The number of ether oxygens (including phenoxy) is 2. The van der Waals surface area contributed by atoms with Crippen LogP contribution < -0.4 is 5.32 Å². The molecule has 106 valence electrons. The van der Waals surface area contributed by atoms with Gasteiger partial charge in [0.2, 0.25) is 0 Å². The van der Waals surface area contributed by atoms with Crippen LogP contribution in [-0.2, 0) is 9.47 Å². The molecule has 1 aliphatic rings. The van der Waals surface area contributed by atoms with Gasteiger partial charge in [-0.1, -0.05) is 30.3 Å². The van der Waals surface area contributed by atoms with E-state index in [1.807, 2.05) is 32.0 Å². The highest BCUT2D eigenvalue weighted by molar-refractivity contribution is 5.18. The van der Waals surface area contributed by atoms with Crippen molar-refractivity contribution in [3.05, 3.63) is 35.9 Å². The van der Waals surface area contributed by atoms with Gasteiger partial charge in [-0.25, -0.2) is 0 Å². The maximum atomic E-state index is 9.32. The van der Waals surface area contributed by atoms with Gasteiger partial charge in [-0.15, -0.1) is 0 Å². The van der Waals surface area contributed by atoms with Crippen LogP contribution >= 0.6 is 0 Å². The summed E-state index contributed by atoms with van der Waals surface area (Å²) in [6.45, 7) is 6.50. The first-order chi connectivity index (χ1) is 9.02. The summed E-state index contributed by atoms with van der Waals surface area (Å²) in [5.74, 6) is -0.615. The van der Waals surface area contributed by atoms with Crippen LogP contribution in [0, 0.1) is 0 Å². The molecule has 0 radical (unpaired) electrons. The third kappa shape index (κ3) is 3.76. The SMILES string of the molecule is C[C@H](NC[C@@H]1OC(C)(C)O[C@H]1CO)c1ccccc1. The highest BCUT2D eigenvalue weighted by atomic mass is 16.8. The van der Waals surface area contributed by atoms with Crippen molar-refractivity contribution in [3.63, 3.8) is 0 Å². The average molecular weight is 265 g/mol. The molecular formula is C15H23NO3. The lowest BCUT2D eigenvalue weighted by Crippen LogP contribution is -2.37. The fraction of sp³-hybridized carbons (Fsp3) is 0.600. The number of hydrogen-bond acceptors (Lipinski definition) is 4. The Morgan fingerprint density at radius 1 is 1.21 bits per heavy atom. The smallest absolute Gasteiger partial charge is 0.163 e. The van der Waals surface area contributed by atoms with Gasteiger partial charge in [-0.2, -0.15) is 0 Å². The molecular weight excluding hydrogens is 242 g/mol. The minimum Gasteiger partial charge on any atom is -0.394 e. The Balaban J connectivity index is 1.88. The van der Waals surface area contributed by atoms with E-state index in [0.29, 0.717) is 6.54 Å². The first kappa shape index (κ1) is 14.5. The van der Waals surface area contributed by atoms with Crippen molar-refractivity contribution >= 4 is 0 Å². The Morgan fingerprint density at radius 3 is 2.47 bits per heavy atom. The Labute approximate surface area is 114 Å². The largest absolute Gasteiger partial charge is 0.394 e. The molecule has 1 aromatic rings. The summed E-state index contributed by atoms with van der Waals surface area (Å²) in [5.41, 5.74) is 1.24. The van der Waals surface area contributed by atoms with Gasteiger partial charge in [-0.3, -0.25) is 0 Å². The topological polar surface area (TPSA) is 50.7 Å². The van der Waals surface area contributed by atoms with Gasteiger partial charge in [0.15, 0.2) is 5.79 Å². The monoisotopic (exact) mass is 265 g/mol. The van der Waals surface area contributed by atoms with Crippen LogP contribution in [0.2, 0.25) is 0 Å². The molecule has 0 spiro atoms. The molecule has 2 rings (SSSR count). The van der Waals surface area contributed by atoms with Gasteiger partial charge in [-0.05, 0) is 26.3 Å².